The quantitative estimate of drug-likeness (QED) is 0.790. The number of halogens is 3. The predicted octanol–water partition coefficient (Wildman–Crippen LogP) is 3.87. The molecule has 1 N–H and O–H groups in total. The Morgan fingerprint density at radius 2 is 1.57 bits per heavy atom. The van der Waals surface area contributed by atoms with Crippen LogP contribution in [0.3, 0.4) is 0 Å². The van der Waals surface area contributed by atoms with E-state index in [1.165, 1.54) is 18.2 Å². The van der Waals surface area contributed by atoms with Crippen LogP contribution in [0, 0.1) is 17.5 Å². The number of nitrogens with one attached hydrogen (secondary N) is 1. The second kappa shape index (κ2) is 6.17. The second-order valence-electron chi connectivity index (χ2n) is 4.44. The lowest BCUT2D eigenvalue weighted by Gasteiger charge is -2.03. The van der Waals surface area contributed by atoms with Gasteiger partial charge in [-0.1, -0.05) is 29.5 Å². The predicted molar refractivity (Wildman–Crippen MR) is 79.6 cm³/mol. The highest BCUT2D eigenvalue weighted by molar-refractivity contribution is 7.18. The molecular weight excluding hydrogens is 327 g/mol. The van der Waals surface area contributed by atoms with Crippen molar-refractivity contribution in [3.8, 4) is 10.6 Å². The lowest BCUT2D eigenvalue weighted by atomic mass is 10.2. The van der Waals surface area contributed by atoms with Crippen molar-refractivity contribution < 1.29 is 18.0 Å². The number of carbonyl (C=O) groups is 1. The van der Waals surface area contributed by atoms with Crippen LogP contribution >= 0.6 is 11.3 Å². The molecule has 4 nitrogen and oxygen atoms in total. The molecule has 0 unspecified atom stereocenters. The molecule has 0 saturated heterocycles. The van der Waals surface area contributed by atoms with Crippen molar-refractivity contribution in [3.05, 3.63) is 65.5 Å². The van der Waals surface area contributed by atoms with E-state index < -0.39 is 28.9 Å². The Hall–Kier alpha value is -2.74. The maximum Gasteiger partial charge on any atom is 0.263 e. The number of hydrogen-bond acceptors (Lipinski definition) is 4. The van der Waals surface area contributed by atoms with Crippen molar-refractivity contribution in [1.29, 1.82) is 0 Å². The Bertz CT molecular complexity index is 862. The first-order valence-corrected chi connectivity index (χ1v) is 7.21. The van der Waals surface area contributed by atoms with Crippen molar-refractivity contribution >= 4 is 22.4 Å². The van der Waals surface area contributed by atoms with Crippen LogP contribution in [0.25, 0.3) is 10.6 Å². The molecule has 0 aliphatic carbocycles. The largest absolute Gasteiger partial charge is 0.296 e. The molecule has 3 rings (SSSR count). The Kier molecular flexibility index (Phi) is 4.07. The van der Waals surface area contributed by atoms with Crippen molar-refractivity contribution in [1.82, 2.24) is 10.2 Å². The second-order valence-corrected chi connectivity index (χ2v) is 5.42. The monoisotopic (exact) mass is 335 g/mol. The normalized spacial score (nSPS) is 10.6. The number of aromatic nitrogens is 2. The zero-order valence-electron chi connectivity index (χ0n) is 11.4. The first-order valence-electron chi connectivity index (χ1n) is 6.40. The summed E-state index contributed by atoms with van der Waals surface area (Å²) in [6.45, 7) is 0. The fourth-order valence-corrected chi connectivity index (χ4v) is 2.66. The van der Waals surface area contributed by atoms with E-state index in [4.69, 9.17) is 0 Å². The molecule has 0 fully saturated rings. The Morgan fingerprint density at radius 3 is 2.26 bits per heavy atom. The van der Waals surface area contributed by atoms with Gasteiger partial charge in [-0.05, 0) is 24.3 Å². The van der Waals surface area contributed by atoms with E-state index in [-0.39, 0.29) is 15.7 Å². The topological polar surface area (TPSA) is 54.9 Å². The smallest absolute Gasteiger partial charge is 0.263 e. The molecule has 23 heavy (non-hydrogen) atoms. The van der Waals surface area contributed by atoms with E-state index in [2.05, 4.69) is 15.5 Å². The van der Waals surface area contributed by atoms with Crippen molar-refractivity contribution in [3.63, 3.8) is 0 Å². The molecular formula is C15H8F3N3OS. The fourth-order valence-electron chi connectivity index (χ4n) is 1.89. The SMILES string of the molecule is O=C(Nc1nnc(-c2ccccc2F)s1)c1c(F)cccc1F. The van der Waals surface area contributed by atoms with Crippen molar-refractivity contribution in [2.24, 2.45) is 0 Å². The molecule has 0 saturated carbocycles. The summed E-state index contributed by atoms with van der Waals surface area (Å²) in [6, 6.07) is 9.05. The van der Waals surface area contributed by atoms with Crippen LogP contribution in [-0.2, 0) is 0 Å². The minimum atomic E-state index is -0.989. The molecule has 1 aromatic heterocycles. The standard InChI is InChI=1S/C15H8F3N3OS/c16-9-5-2-1-4-8(9)14-20-21-15(23-14)19-13(22)12-10(17)6-3-7-11(12)18/h1-7H,(H,19,21,22). The molecule has 0 radical (unpaired) electrons. The highest BCUT2D eigenvalue weighted by Gasteiger charge is 2.19. The summed E-state index contributed by atoms with van der Waals surface area (Å²) in [7, 11) is 0. The van der Waals surface area contributed by atoms with Gasteiger partial charge in [0.1, 0.15) is 23.0 Å². The van der Waals surface area contributed by atoms with E-state index in [0.717, 1.165) is 29.5 Å². The maximum atomic E-state index is 13.7. The van der Waals surface area contributed by atoms with Gasteiger partial charge in [0.2, 0.25) is 5.13 Å². The summed E-state index contributed by atoms with van der Waals surface area (Å²) in [6.07, 6.45) is 0. The number of amides is 1. The van der Waals surface area contributed by atoms with Crippen LogP contribution in [-0.4, -0.2) is 16.1 Å². The van der Waals surface area contributed by atoms with E-state index in [0.29, 0.717) is 0 Å². The number of anilines is 1. The minimum absolute atomic E-state index is 0.0101. The van der Waals surface area contributed by atoms with E-state index in [1.807, 2.05) is 0 Å². The van der Waals surface area contributed by atoms with Gasteiger partial charge in [0.25, 0.3) is 5.91 Å². The molecule has 0 bridgehead atoms. The first-order chi connectivity index (χ1) is 11.1. The molecule has 0 aliphatic rings. The third-order valence-electron chi connectivity index (χ3n) is 2.94. The van der Waals surface area contributed by atoms with Crippen molar-refractivity contribution in [2.75, 3.05) is 5.32 Å². The summed E-state index contributed by atoms with van der Waals surface area (Å²) >= 11 is 0.896. The van der Waals surface area contributed by atoms with Gasteiger partial charge in [0.15, 0.2) is 5.01 Å². The van der Waals surface area contributed by atoms with Gasteiger partial charge in [-0.3, -0.25) is 10.1 Å². The average Bonchev–Trinajstić information content (AvgIpc) is 2.95. The van der Waals surface area contributed by atoms with Crippen LogP contribution in [0.1, 0.15) is 10.4 Å². The van der Waals surface area contributed by atoms with Gasteiger partial charge in [-0.2, -0.15) is 0 Å². The molecule has 0 aliphatic heterocycles. The summed E-state index contributed by atoms with van der Waals surface area (Å²) in [5.41, 5.74) is -0.488. The molecule has 0 spiro atoms. The lowest BCUT2D eigenvalue weighted by Crippen LogP contribution is -2.15. The average molecular weight is 335 g/mol. The highest BCUT2D eigenvalue weighted by Crippen LogP contribution is 2.28. The van der Waals surface area contributed by atoms with E-state index in [1.54, 1.807) is 6.07 Å². The van der Waals surface area contributed by atoms with Gasteiger partial charge in [-0.25, -0.2) is 13.2 Å². The maximum absolute atomic E-state index is 13.7. The number of carbonyl (C=O) groups excluding carboxylic acids is 1. The third kappa shape index (κ3) is 3.07. The summed E-state index contributed by atoms with van der Waals surface area (Å²) in [4.78, 5) is 11.9. The van der Waals surface area contributed by atoms with Crippen LogP contribution in [0.2, 0.25) is 0 Å². The molecule has 2 aromatic carbocycles. The molecule has 0 atom stereocenters. The molecule has 116 valence electrons. The highest BCUT2D eigenvalue weighted by atomic mass is 32.1. The minimum Gasteiger partial charge on any atom is -0.296 e. The molecule has 1 heterocycles. The number of rotatable bonds is 3. The molecule has 3 aromatic rings. The first kappa shape index (κ1) is 15.2. The van der Waals surface area contributed by atoms with E-state index in [9.17, 15) is 18.0 Å². The Balaban J connectivity index is 1.85. The van der Waals surface area contributed by atoms with Crippen LogP contribution in [0.5, 0.6) is 0 Å². The van der Waals surface area contributed by atoms with Gasteiger partial charge in [-0.15, -0.1) is 10.2 Å². The molecule has 1 amide bonds. The van der Waals surface area contributed by atoms with Crippen LogP contribution in [0.4, 0.5) is 18.3 Å². The number of nitrogens with zero attached hydrogens (tertiary/aromatic N) is 2. The summed E-state index contributed by atoms with van der Waals surface area (Å²) < 4.78 is 40.8. The van der Waals surface area contributed by atoms with Gasteiger partial charge in [0, 0.05) is 5.56 Å². The molecule has 8 heteroatoms. The zero-order chi connectivity index (χ0) is 16.4. The third-order valence-corrected chi connectivity index (χ3v) is 3.81. The lowest BCUT2D eigenvalue weighted by molar-refractivity contribution is 0.101. The van der Waals surface area contributed by atoms with Crippen LogP contribution in [0.15, 0.2) is 42.5 Å². The summed E-state index contributed by atoms with van der Waals surface area (Å²) in [5, 5.41) is 9.95. The van der Waals surface area contributed by atoms with Gasteiger partial charge in [0.05, 0.1) is 0 Å². The number of hydrogen-bond donors (Lipinski definition) is 1. The van der Waals surface area contributed by atoms with Crippen molar-refractivity contribution in [2.45, 2.75) is 0 Å². The Labute approximate surface area is 132 Å². The summed E-state index contributed by atoms with van der Waals surface area (Å²) in [5.74, 6) is -3.44. The van der Waals surface area contributed by atoms with Gasteiger partial charge < -0.3 is 0 Å². The van der Waals surface area contributed by atoms with Gasteiger partial charge >= 0.3 is 0 Å². The zero-order valence-corrected chi connectivity index (χ0v) is 12.2. The Morgan fingerprint density at radius 1 is 0.913 bits per heavy atom. The van der Waals surface area contributed by atoms with Crippen LogP contribution < -0.4 is 5.32 Å². The number of benzene rings is 2. The fraction of sp³-hybridized carbons (Fsp3) is 0. The van der Waals surface area contributed by atoms with E-state index >= 15 is 0 Å².